The molecule has 0 saturated heterocycles. The normalized spacial score (nSPS) is 13.0. The molecule has 0 aromatic heterocycles. The summed E-state index contributed by atoms with van der Waals surface area (Å²) in [6, 6.07) is 14.4. The summed E-state index contributed by atoms with van der Waals surface area (Å²) >= 11 is 0. The molecule has 128 valence electrons. The molecule has 0 bridgehead atoms. The molecular formula is C18H21NO4S. The van der Waals surface area contributed by atoms with Gasteiger partial charge in [-0.25, -0.2) is 13.1 Å². The fourth-order valence-electron chi connectivity index (χ4n) is 2.37. The van der Waals surface area contributed by atoms with E-state index in [9.17, 15) is 13.2 Å². The zero-order valence-corrected chi connectivity index (χ0v) is 14.5. The third-order valence-corrected chi connectivity index (χ3v) is 5.22. The Hall–Kier alpha value is -2.18. The van der Waals surface area contributed by atoms with Crippen LogP contribution < -0.4 is 4.72 Å². The Labute approximate surface area is 142 Å². The SMILES string of the molecule is CC(C)c1ccc([C@H](CC(=O)O)NS(=O)(=O)c2ccccc2)cc1. The summed E-state index contributed by atoms with van der Waals surface area (Å²) in [5.74, 6) is -0.721. The molecule has 0 saturated carbocycles. The van der Waals surface area contributed by atoms with Crippen LogP contribution in [0.1, 0.15) is 43.4 Å². The maximum Gasteiger partial charge on any atom is 0.305 e. The van der Waals surface area contributed by atoms with Crippen LogP contribution in [0.2, 0.25) is 0 Å². The Morgan fingerprint density at radius 2 is 1.54 bits per heavy atom. The summed E-state index contributed by atoms with van der Waals surface area (Å²) in [7, 11) is -3.79. The molecule has 24 heavy (non-hydrogen) atoms. The van der Waals surface area contributed by atoms with Crippen molar-refractivity contribution in [1.29, 1.82) is 0 Å². The van der Waals surface area contributed by atoms with Gasteiger partial charge in [0, 0.05) is 0 Å². The van der Waals surface area contributed by atoms with Crippen molar-refractivity contribution in [3.05, 3.63) is 65.7 Å². The number of hydrogen-bond acceptors (Lipinski definition) is 3. The van der Waals surface area contributed by atoms with E-state index in [1.807, 2.05) is 12.1 Å². The first-order valence-electron chi connectivity index (χ1n) is 7.68. The van der Waals surface area contributed by atoms with Gasteiger partial charge in [-0.3, -0.25) is 4.79 Å². The third kappa shape index (κ3) is 4.66. The summed E-state index contributed by atoms with van der Waals surface area (Å²) in [5.41, 5.74) is 1.74. The summed E-state index contributed by atoms with van der Waals surface area (Å²) in [4.78, 5) is 11.3. The maximum atomic E-state index is 12.5. The lowest BCUT2D eigenvalue weighted by Gasteiger charge is -2.18. The molecule has 0 unspecified atom stereocenters. The Kier molecular flexibility index (Phi) is 5.75. The minimum Gasteiger partial charge on any atom is -0.481 e. The highest BCUT2D eigenvalue weighted by molar-refractivity contribution is 7.89. The smallest absolute Gasteiger partial charge is 0.305 e. The molecule has 0 aliphatic rings. The quantitative estimate of drug-likeness (QED) is 0.805. The van der Waals surface area contributed by atoms with E-state index in [0.29, 0.717) is 11.5 Å². The van der Waals surface area contributed by atoms with E-state index in [2.05, 4.69) is 18.6 Å². The monoisotopic (exact) mass is 347 g/mol. The van der Waals surface area contributed by atoms with E-state index >= 15 is 0 Å². The number of nitrogens with one attached hydrogen (secondary N) is 1. The number of carboxylic acid groups (broad SMARTS) is 1. The van der Waals surface area contributed by atoms with Gasteiger partial charge in [0.15, 0.2) is 0 Å². The van der Waals surface area contributed by atoms with Gasteiger partial charge in [-0.1, -0.05) is 56.3 Å². The molecule has 0 heterocycles. The first-order chi connectivity index (χ1) is 11.3. The lowest BCUT2D eigenvalue weighted by Crippen LogP contribution is -2.30. The van der Waals surface area contributed by atoms with E-state index in [1.165, 1.54) is 12.1 Å². The van der Waals surface area contributed by atoms with E-state index < -0.39 is 22.0 Å². The summed E-state index contributed by atoms with van der Waals surface area (Å²) in [6.45, 7) is 4.11. The predicted octanol–water partition coefficient (Wildman–Crippen LogP) is 3.30. The molecule has 0 aliphatic heterocycles. The first-order valence-corrected chi connectivity index (χ1v) is 9.17. The van der Waals surface area contributed by atoms with Gasteiger partial charge in [-0.15, -0.1) is 0 Å². The summed E-state index contributed by atoms with van der Waals surface area (Å²) < 4.78 is 27.4. The highest BCUT2D eigenvalue weighted by atomic mass is 32.2. The van der Waals surface area contributed by atoms with Crippen molar-refractivity contribution in [3.8, 4) is 0 Å². The minimum atomic E-state index is -3.79. The Bertz CT molecular complexity index is 784. The van der Waals surface area contributed by atoms with Crippen LogP contribution in [0.5, 0.6) is 0 Å². The van der Waals surface area contributed by atoms with E-state index in [4.69, 9.17) is 5.11 Å². The molecule has 0 fully saturated rings. The van der Waals surface area contributed by atoms with Crippen molar-refractivity contribution in [2.75, 3.05) is 0 Å². The van der Waals surface area contributed by atoms with Gasteiger partial charge in [0.25, 0.3) is 0 Å². The average Bonchev–Trinajstić information content (AvgIpc) is 2.54. The van der Waals surface area contributed by atoms with Crippen LogP contribution in [0.15, 0.2) is 59.5 Å². The highest BCUT2D eigenvalue weighted by Gasteiger charge is 2.23. The fourth-order valence-corrected chi connectivity index (χ4v) is 3.62. The van der Waals surface area contributed by atoms with Gasteiger partial charge in [0.1, 0.15) is 0 Å². The number of aliphatic carboxylic acids is 1. The van der Waals surface area contributed by atoms with E-state index in [-0.39, 0.29) is 11.3 Å². The Balaban J connectivity index is 2.30. The van der Waals surface area contributed by atoms with Crippen molar-refractivity contribution in [2.24, 2.45) is 0 Å². The van der Waals surface area contributed by atoms with Crippen LogP contribution in [0.3, 0.4) is 0 Å². The summed E-state index contributed by atoms with van der Waals surface area (Å²) in [6.07, 6.45) is -0.326. The standard InChI is InChI=1S/C18H21NO4S/c1-13(2)14-8-10-15(11-9-14)17(12-18(20)21)19-24(22,23)16-6-4-3-5-7-16/h3-11,13,17,19H,12H2,1-2H3,(H,20,21)/t17-/m0/s1. The second-order valence-corrected chi connectivity index (χ2v) is 7.62. The second-order valence-electron chi connectivity index (χ2n) is 5.91. The van der Waals surface area contributed by atoms with Gasteiger partial charge in [-0.05, 0) is 29.2 Å². The second kappa shape index (κ2) is 7.59. The molecule has 0 radical (unpaired) electrons. The van der Waals surface area contributed by atoms with Gasteiger partial charge in [0.05, 0.1) is 17.4 Å². The lowest BCUT2D eigenvalue weighted by atomic mass is 9.98. The zero-order chi connectivity index (χ0) is 17.7. The van der Waals surface area contributed by atoms with Crippen molar-refractivity contribution in [2.45, 2.75) is 37.1 Å². The van der Waals surface area contributed by atoms with E-state index in [0.717, 1.165) is 5.56 Å². The molecule has 6 heteroatoms. The molecule has 0 spiro atoms. The minimum absolute atomic E-state index is 0.110. The van der Waals surface area contributed by atoms with Crippen molar-refractivity contribution < 1.29 is 18.3 Å². The fraction of sp³-hybridized carbons (Fsp3) is 0.278. The number of sulfonamides is 1. The number of rotatable bonds is 7. The summed E-state index contributed by atoms with van der Waals surface area (Å²) in [5, 5.41) is 9.12. The Morgan fingerprint density at radius 1 is 1.00 bits per heavy atom. The largest absolute Gasteiger partial charge is 0.481 e. The molecular weight excluding hydrogens is 326 g/mol. The van der Waals surface area contributed by atoms with Gasteiger partial charge >= 0.3 is 5.97 Å². The topological polar surface area (TPSA) is 83.5 Å². The third-order valence-electron chi connectivity index (χ3n) is 3.74. The average molecular weight is 347 g/mol. The number of carboxylic acids is 1. The maximum absolute atomic E-state index is 12.5. The molecule has 2 aromatic carbocycles. The molecule has 0 amide bonds. The number of hydrogen-bond donors (Lipinski definition) is 2. The lowest BCUT2D eigenvalue weighted by molar-refractivity contribution is -0.137. The van der Waals surface area contributed by atoms with E-state index in [1.54, 1.807) is 30.3 Å². The van der Waals surface area contributed by atoms with Crippen molar-refractivity contribution in [1.82, 2.24) is 4.72 Å². The van der Waals surface area contributed by atoms with Crippen LogP contribution in [-0.4, -0.2) is 19.5 Å². The van der Waals surface area contributed by atoms with Gasteiger partial charge in [-0.2, -0.15) is 0 Å². The van der Waals surface area contributed by atoms with Crippen LogP contribution >= 0.6 is 0 Å². The van der Waals surface area contributed by atoms with Crippen molar-refractivity contribution >= 4 is 16.0 Å². The Morgan fingerprint density at radius 3 is 2.04 bits per heavy atom. The van der Waals surface area contributed by atoms with Crippen LogP contribution in [0, 0.1) is 0 Å². The molecule has 2 N–H and O–H groups in total. The molecule has 1 atom stereocenters. The molecule has 0 aliphatic carbocycles. The van der Waals surface area contributed by atoms with Crippen LogP contribution in [0.25, 0.3) is 0 Å². The molecule has 5 nitrogen and oxygen atoms in total. The van der Waals surface area contributed by atoms with Gasteiger partial charge < -0.3 is 5.11 Å². The highest BCUT2D eigenvalue weighted by Crippen LogP contribution is 2.23. The van der Waals surface area contributed by atoms with Crippen molar-refractivity contribution in [3.63, 3.8) is 0 Å². The molecule has 2 rings (SSSR count). The number of carbonyl (C=O) groups is 1. The first kappa shape index (κ1) is 18.2. The zero-order valence-electron chi connectivity index (χ0n) is 13.6. The number of benzene rings is 2. The van der Waals surface area contributed by atoms with Crippen LogP contribution in [-0.2, 0) is 14.8 Å². The molecule has 2 aromatic rings. The van der Waals surface area contributed by atoms with Crippen LogP contribution in [0.4, 0.5) is 0 Å². The predicted molar refractivity (Wildman–Crippen MR) is 92.3 cm³/mol. The van der Waals surface area contributed by atoms with Gasteiger partial charge in [0.2, 0.25) is 10.0 Å².